The minimum absolute atomic E-state index is 0.543. The molecule has 18 heavy (non-hydrogen) atoms. The quantitative estimate of drug-likeness (QED) is 0.674. The lowest BCUT2D eigenvalue weighted by Gasteiger charge is -2.19. The van der Waals surface area contributed by atoms with Crippen LogP contribution in [-0.4, -0.2) is 33.1 Å². The van der Waals surface area contributed by atoms with Crippen LogP contribution in [0.4, 0.5) is 0 Å². The van der Waals surface area contributed by atoms with E-state index in [-0.39, 0.29) is 0 Å². The van der Waals surface area contributed by atoms with Gasteiger partial charge in [0.05, 0.1) is 11.7 Å². The molecule has 3 nitrogen and oxygen atoms in total. The molecule has 1 aromatic heterocycles. The van der Waals surface area contributed by atoms with Crippen LogP contribution in [0.3, 0.4) is 0 Å². The maximum atomic E-state index is 5.87. The number of alkyl halides is 1. The van der Waals surface area contributed by atoms with Crippen molar-refractivity contribution in [3.63, 3.8) is 0 Å². The minimum Gasteiger partial charge on any atom is -0.293 e. The topological polar surface area (TPSA) is 21.1 Å². The number of hydrogen-bond donors (Lipinski definition) is 0. The third-order valence-corrected chi connectivity index (χ3v) is 3.95. The zero-order chi connectivity index (χ0) is 13.0. The predicted molar refractivity (Wildman–Crippen MR) is 76.0 cm³/mol. The molecule has 1 aromatic rings. The van der Waals surface area contributed by atoms with Gasteiger partial charge in [-0.3, -0.25) is 9.58 Å². The van der Waals surface area contributed by atoms with Gasteiger partial charge in [-0.1, -0.05) is 13.8 Å². The Hall–Kier alpha value is -0.540. The van der Waals surface area contributed by atoms with Gasteiger partial charge in [-0.25, -0.2) is 0 Å². The first-order valence-corrected chi connectivity index (χ1v) is 7.66. The molecule has 4 heteroatoms. The van der Waals surface area contributed by atoms with Crippen LogP contribution in [0, 0.1) is 0 Å². The van der Waals surface area contributed by atoms with Crippen LogP contribution in [0.15, 0.2) is 12.3 Å². The van der Waals surface area contributed by atoms with E-state index in [2.05, 4.69) is 35.7 Å². The Bertz CT molecular complexity index is 356. The Morgan fingerprint density at radius 1 is 1.44 bits per heavy atom. The average Bonchev–Trinajstić information content (AvgIpc) is 3.12. The zero-order valence-electron chi connectivity index (χ0n) is 11.5. The van der Waals surface area contributed by atoms with Crippen molar-refractivity contribution in [3.05, 3.63) is 18.0 Å². The van der Waals surface area contributed by atoms with E-state index in [0.29, 0.717) is 11.9 Å². The van der Waals surface area contributed by atoms with Crippen LogP contribution in [0.2, 0.25) is 0 Å². The van der Waals surface area contributed by atoms with Crippen LogP contribution in [0.5, 0.6) is 0 Å². The monoisotopic (exact) mass is 269 g/mol. The average molecular weight is 270 g/mol. The van der Waals surface area contributed by atoms with E-state index < -0.39 is 0 Å². The highest BCUT2D eigenvalue weighted by Gasteiger charge is 2.28. The van der Waals surface area contributed by atoms with Gasteiger partial charge in [-0.05, 0) is 31.7 Å². The summed E-state index contributed by atoms with van der Waals surface area (Å²) in [6.07, 6.45) is 7.06. The lowest BCUT2D eigenvalue weighted by atomic mass is 10.2. The highest BCUT2D eigenvalue weighted by Crippen LogP contribution is 2.28. The molecule has 0 bridgehead atoms. The molecule has 1 heterocycles. The molecule has 0 spiro atoms. The first-order valence-electron chi connectivity index (χ1n) is 7.12. The van der Waals surface area contributed by atoms with E-state index in [1.807, 2.05) is 0 Å². The highest BCUT2D eigenvalue weighted by molar-refractivity contribution is 6.18. The Balaban J connectivity index is 1.96. The second-order valence-electron chi connectivity index (χ2n) is 5.15. The van der Waals surface area contributed by atoms with Gasteiger partial charge in [0.15, 0.2) is 0 Å². The van der Waals surface area contributed by atoms with E-state index in [1.54, 1.807) is 0 Å². The molecule has 1 fully saturated rings. The van der Waals surface area contributed by atoms with Gasteiger partial charge in [-0.15, -0.1) is 11.6 Å². The molecule has 1 saturated carbocycles. The summed E-state index contributed by atoms with van der Waals surface area (Å²) < 4.78 is 2.13. The second-order valence-corrected chi connectivity index (χ2v) is 5.53. The number of aromatic nitrogens is 2. The third-order valence-electron chi connectivity index (χ3n) is 3.78. The summed E-state index contributed by atoms with van der Waals surface area (Å²) in [7, 11) is 0. The minimum atomic E-state index is 0.543. The summed E-state index contributed by atoms with van der Waals surface area (Å²) in [5, 5.41) is 4.72. The number of nitrogens with zero attached hydrogens (tertiary/aromatic N) is 3. The Labute approximate surface area is 115 Å². The summed E-state index contributed by atoms with van der Waals surface area (Å²) >= 11 is 5.87. The van der Waals surface area contributed by atoms with Gasteiger partial charge in [0.25, 0.3) is 0 Å². The summed E-state index contributed by atoms with van der Waals surface area (Å²) in [5.41, 5.74) is 1.18. The smallest absolute Gasteiger partial charge is 0.0765 e. The molecule has 0 saturated heterocycles. The summed E-state index contributed by atoms with van der Waals surface area (Å²) in [4.78, 5) is 2.46. The standard InChI is InChI=1S/C14H24ClN3/c1-3-13(4-2)18-9-7-12(16-18)11-17(10-8-15)14-5-6-14/h7,9,13-14H,3-6,8,10-11H2,1-2H3. The van der Waals surface area contributed by atoms with Gasteiger partial charge >= 0.3 is 0 Å². The van der Waals surface area contributed by atoms with Crippen molar-refractivity contribution in [1.29, 1.82) is 0 Å². The molecular formula is C14H24ClN3. The highest BCUT2D eigenvalue weighted by atomic mass is 35.5. The fraction of sp³-hybridized carbons (Fsp3) is 0.786. The Morgan fingerprint density at radius 2 is 2.17 bits per heavy atom. The largest absolute Gasteiger partial charge is 0.293 e. The van der Waals surface area contributed by atoms with Gasteiger partial charge in [0.1, 0.15) is 0 Å². The SMILES string of the molecule is CCC(CC)n1ccc(CN(CCCl)C2CC2)n1. The van der Waals surface area contributed by atoms with Crippen molar-refractivity contribution in [2.75, 3.05) is 12.4 Å². The lowest BCUT2D eigenvalue weighted by molar-refractivity contribution is 0.265. The first-order chi connectivity index (χ1) is 8.78. The molecule has 0 radical (unpaired) electrons. The number of rotatable bonds is 8. The van der Waals surface area contributed by atoms with Gasteiger partial charge in [0.2, 0.25) is 0 Å². The van der Waals surface area contributed by atoms with Gasteiger partial charge in [-0.2, -0.15) is 5.10 Å². The third kappa shape index (κ3) is 3.48. The summed E-state index contributed by atoms with van der Waals surface area (Å²) in [5.74, 6) is 0.712. The van der Waals surface area contributed by atoms with E-state index in [1.165, 1.54) is 18.5 Å². The summed E-state index contributed by atoms with van der Waals surface area (Å²) in [6, 6.07) is 3.45. The normalized spacial score (nSPS) is 15.8. The fourth-order valence-corrected chi connectivity index (χ4v) is 2.69. The fourth-order valence-electron chi connectivity index (χ4n) is 2.47. The molecule has 0 unspecified atom stereocenters. The molecule has 1 aliphatic carbocycles. The van der Waals surface area contributed by atoms with Crippen LogP contribution in [-0.2, 0) is 6.54 Å². The molecule has 2 rings (SSSR count). The maximum absolute atomic E-state index is 5.87. The van der Waals surface area contributed by atoms with Crippen molar-refractivity contribution in [2.45, 2.75) is 58.2 Å². The van der Waals surface area contributed by atoms with Crippen molar-refractivity contribution < 1.29 is 0 Å². The van der Waals surface area contributed by atoms with Crippen LogP contribution < -0.4 is 0 Å². The molecule has 102 valence electrons. The van der Waals surface area contributed by atoms with E-state index in [9.17, 15) is 0 Å². The Morgan fingerprint density at radius 3 is 2.72 bits per heavy atom. The number of halogens is 1. The van der Waals surface area contributed by atoms with E-state index in [0.717, 1.165) is 32.0 Å². The lowest BCUT2D eigenvalue weighted by Crippen LogP contribution is -2.27. The molecular weight excluding hydrogens is 246 g/mol. The van der Waals surface area contributed by atoms with Crippen molar-refractivity contribution in [2.24, 2.45) is 0 Å². The Kier molecular flexibility index (Phi) is 5.07. The zero-order valence-corrected chi connectivity index (χ0v) is 12.2. The summed E-state index contributed by atoms with van der Waals surface area (Å²) in [6.45, 7) is 6.37. The van der Waals surface area contributed by atoms with Crippen LogP contribution in [0.1, 0.15) is 51.3 Å². The van der Waals surface area contributed by atoms with Crippen LogP contribution >= 0.6 is 11.6 Å². The second kappa shape index (κ2) is 6.58. The molecule has 0 aliphatic heterocycles. The molecule has 1 aliphatic rings. The van der Waals surface area contributed by atoms with Gasteiger partial charge in [0, 0.05) is 31.2 Å². The molecule has 0 atom stereocenters. The van der Waals surface area contributed by atoms with E-state index >= 15 is 0 Å². The van der Waals surface area contributed by atoms with Crippen molar-refractivity contribution in [1.82, 2.24) is 14.7 Å². The first kappa shape index (κ1) is 13.9. The van der Waals surface area contributed by atoms with Crippen LogP contribution in [0.25, 0.3) is 0 Å². The van der Waals surface area contributed by atoms with Crippen molar-refractivity contribution >= 4 is 11.6 Å². The van der Waals surface area contributed by atoms with Crippen molar-refractivity contribution in [3.8, 4) is 0 Å². The molecule has 0 N–H and O–H groups in total. The number of hydrogen-bond acceptors (Lipinski definition) is 2. The molecule has 0 amide bonds. The van der Waals surface area contributed by atoms with E-state index in [4.69, 9.17) is 16.7 Å². The van der Waals surface area contributed by atoms with Gasteiger partial charge < -0.3 is 0 Å². The predicted octanol–water partition coefficient (Wildman–Crippen LogP) is 3.45. The molecule has 0 aromatic carbocycles. The maximum Gasteiger partial charge on any atom is 0.0765 e.